The van der Waals surface area contributed by atoms with Crippen molar-refractivity contribution in [2.45, 2.75) is 58.9 Å². The molecule has 84 valence electrons. The lowest BCUT2D eigenvalue weighted by atomic mass is 10.1. The minimum Gasteiger partial charge on any atom is -0.192 e. The number of aryl methyl sites for hydroxylation is 2. The van der Waals surface area contributed by atoms with E-state index in [4.69, 9.17) is 0 Å². The molecule has 0 aliphatic heterocycles. The molecule has 0 unspecified atom stereocenters. The van der Waals surface area contributed by atoms with Crippen LogP contribution in [0.3, 0.4) is 0 Å². The number of thiazole rings is 1. The second-order valence-electron chi connectivity index (χ2n) is 5.03. The van der Waals surface area contributed by atoms with Crippen LogP contribution in [-0.4, -0.2) is 0 Å². The highest BCUT2D eigenvalue weighted by atomic mass is 32.1. The van der Waals surface area contributed by atoms with E-state index < -0.39 is 0 Å². The number of fused-ring (bicyclic) bond motifs is 1. The molecule has 1 aliphatic rings. The largest absolute Gasteiger partial charge is 0.225 e. The van der Waals surface area contributed by atoms with E-state index in [1.54, 1.807) is 10.6 Å². The summed E-state index contributed by atoms with van der Waals surface area (Å²) in [5.74, 6) is 0.818. The molecule has 0 amide bonds. The second-order valence-corrected chi connectivity index (χ2v) is 5.97. The lowest BCUT2D eigenvalue weighted by molar-refractivity contribution is -0.700. The average Bonchev–Trinajstić information content (AvgIpc) is 2.44. The summed E-state index contributed by atoms with van der Waals surface area (Å²) < 4.78 is 2.52. The number of rotatable bonds is 3. The molecule has 0 fully saturated rings. The second kappa shape index (κ2) is 5.11. The van der Waals surface area contributed by atoms with Crippen molar-refractivity contribution in [1.82, 2.24) is 0 Å². The molecular weight excluding hydrogens is 202 g/mol. The van der Waals surface area contributed by atoms with Gasteiger partial charge in [0.05, 0.1) is 4.88 Å². The van der Waals surface area contributed by atoms with Crippen molar-refractivity contribution in [2.24, 2.45) is 5.92 Å². The van der Waals surface area contributed by atoms with Gasteiger partial charge in [0.25, 0.3) is 0 Å². The SMILES string of the molecule is CC(C)CC[n+]1csc2c1CCCCC2. The van der Waals surface area contributed by atoms with Crippen LogP contribution in [0.15, 0.2) is 5.51 Å². The molecule has 0 aromatic carbocycles. The highest BCUT2D eigenvalue weighted by Gasteiger charge is 2.21. The van der Waals surface area contributed by atoms with Gasteiger partial charge in [-0.2, -0.15) is 4.57 Å². The van der Waals surface area contributed by atoms with Crippen LogP contribution in [0.25, 0.3) is 0 Å². The van der Waals surface area contributed by atoms with Crippen LogP contribution in [0.2, 0.25) is 0 Å². The van der Waals surface area contributed by atoms with Gasteiger partial charge in [0.2, 0.25) is 5.51 Å². The maximum absolute atomic E-state index is 2.52. The van der Waals surface area contributed by atoms with E-state index in [1.807, 2.05) is 11.3 Å². The Morgan fingerprint density at radius 3 is 2.87 bits per heavy atom. The van der Waals surface area contributed by atoms with Crippen molar-refractivity contribution in [1.29, 1.82) is 0 Å². The number of hydrogen-bond acceptors (Lipinski definition) is 1. The summed E-state index contributed by atoms with van der Waals surface area (Å²) >= 11 is 1.98. The molecule has 0 spiro atoms. The van der Waals surface area contributed by atoms with E-state index in [0.29, 0.717) is 0 Å². The van der Waals surface area contributed by atoms with Gasteiger partial charge in [-0.15, -0.1) is 0 Å². The topological polar surface area (TPSA) is 3.88 Å². The fraction of sp³-hybridized carbons (Fsp3) is 0.769. The summed E-state index contributed by atoms with van der Waals surface area (Å²) in [5.41, 5.74) is 4.00. The van der Waals surface area contributed by atoms with Crippen molar-refractivity contribution in [2.75, 3.05) is 0 Å². The minimum absolute atomic E-state index is 0.818. The molecule has 1 aromatic heterocycles. The zero-order chi connectivity index (χ0) is 10.7. The monoisotopic (exact) mass is 224 g/mol. The lowest BCUT2D eigenvalue weighted by Crippen LogP contribution is -2.36. The highest BCUT2D eigenvalue weighted by molar-refractivity contribution is 7.09. The van der Waals surface area contributed by atoms with Crippen molar-refractivity contribution in [3.8, 4) is 0 Å². The van der Waals surface area contributed by atoms with Crippen molar-refractivity contribution >= 4 is 11.3 Å². The molecule has 1 aromatic rings. The summed E-state index contributed by atoms with van der Waals surface area (Å²) in [7, 11) is 0. The van der Waals surface area contributed by atoms with E-state index >= 15 is 0 Å². The van der Waals surface area contributed by atoms with Crippen LogP contribution in [0.1, 0.15) is 50.1 Å². The molecule has 0 atom stereocenters. The molecule has 1 nitrogen and oxygen atoms in total. The van der Waals surface area contributed by atoms with Gasteiger partial charge in [-0.25, -0.2) is 0 Å². The zero-order valence-corrected chi connectivity index (χ0v) is 10.8. The summed E-state index contributed by atoms with van der Waals surface area (Å²) in [5, 5.41) is 0. The van der Waals surface area contributed by atoms with Gasteiger partial charge in [-0.3, -0.25) is 0 Å². The maximum Gasteiger partial charge on any atom is 0.225 e. The first-order chi connectivity index (χ1) is 7.27. The Balaban J connectivity index is 2.08. The third kappa shape index (κ3) is 2.81. The minimum atomic E-state index is 0.818. The van der Waals surface area contributed by atoms with Crippen LogP contribution < -0.4 is 4.57 Å². The summed E-state index contributed by atoms with van der Waals surface area (Å²) in [6.07, 6.45) is 8.17. The van der Waals surface area contributed by atoms with Crippen LogP contribution in [0, 0.1) is 5.92 Å². The molecule has 0 radical (unpaired) electrons. The third-order valence-corrected chi connectivity index (χ3v) is 4.34. The molecule has 2 rings (SSSR count). The summed E-state index contributed by atoms with van der Waals surface area (Å²) in [4.78, 5) is 1.66. The smallest absolute Gasteiger partial charge is 0.192 e. The third-order valence-electron chi connectivity index (χ3n) is 3.26. The molecule has 1 heterocycles. The zero-order valence-electron chi connectivity index (χ0n) is 9.96. The number of aromatic nitrogens is 1. The summed E-state index contributed by atoms with van der Waals surface area (Å²) in [6, 6.07) is 0. The van der Waals surface area contributed by atoms with Gasteiger partial charge in [-0.05, 0) is 25.2 Å². The Hall–Kier alpha value is -0.370. The van der Waals surface area contributed by atoms with Gasteiger partial charge in [-0.1, -0.05) is 31.6 Å². The van der Waals surface area contributed by atoms with E-state index in [9.17, 15) is 0 Å². The Bertz CT molecular complexity index is 314. The number of nitrogens with zero attached hydrogens (tertiary/aromatic N) is 1. The molecule has 0 N–H and O–H groups in total. The standard InChI is InChI=1S/C13H22NS/c1-11(2)8-9-14-10-15-13-7-5-3-4-6-12(13)14/h10-11H,3-9H2,1-2H3/q+1. The normalized spacial score (nSPS) is 16.5. The highest BCUT2D eigenvalue weighted by Crippen LogP contribution is 2.22. The Morgan fingerprint density at radius 1 is 1.27 bits per heavy atom. The van der Waals surface area contributed by atoms with Crippen molar-refractivity contribution < 1.29 is 4.57 Å². The Kier molecular flexibility index (Phi) is 3.79. The fourth-order valence-electron chi connectivity index (χ4n) is 2.25. The van der Waals surface area contributed by atoms with Gasteiger partial charge in [0, 0.05) is 12.8 Å². The molecule has 15 heavy (non-hydrogen) atoms. The van der Waals surface area contributed by atoms with Gasteiger partial charge >= 0.3 is 0 Å². The van der Waals surface area contributed by atoms with Crippen LogP contribution in [0.4, 0.5) is 0 Å². The predicted molar refractivity (Wildman–Crippen MR) is 65.2 cm³/mol. The van der Waals surface area contributed by atoms with Crippen molar-refractivity contribution in [3.05, 3.63) is 16.1 Å². The lowest BCUT2D eigenvalue weighted by Gasteiger charge is -2.01. The first-order valence-electron chi connectivity index (χ1n) is 6.26. The fourth-order valence-corrected chi connectivity index (χ4v) is 3.35. The Morgan fingerprint density at radius 2 is 2.07 bits per heavy atom. The summed E-state index contributed by atoms with van der Waals surface area (Å²) in [6.45, 7) is 5.85. The molecule has 0 saturated heterocycles. The maximum atomic E-state index is 2.52. The van der Waals surface area contributed by atoms with E-state index in [1.165, 1.54) is 45.1 Å². The first kappa shape index (κ1) is 11.1. The van der Waals surface area contributed by atoms with Gasteiger partial charge in [0.15, 0.2) is 5.69 Å². The van der Waals surface area contributed by atoms with E-state index in [0.717, 1.165) is 5.92 Å². The van der Waals surface area contributed by atoms with Crippen LogP contribution in [-0.2, 0) is 19.4 Å². The van der Waals surface area contributed by atoms with Crippen LogP contribution in [0.5, 0.6) is 0 Å². The van der Waals surface area contributed by atoms with E-state index in [2.05, 4.69) is 23.9 Å². The van der Waals surface area contributed by atoms with Crippen molar-refractivity contribution in [3.63, 3.8) is 0 Å². The van der Waals surface area contributed by atoms with Gasteiger partial charge in [0.1, 0.15) is 6.54 Å². The molecule has 1 aliphatic carbocycles. The predicted octanol–water partition coefficient (Wildman–Crippen LogP) is 3.35. The molecular formula is C13H22NS+. The number of hydrogen-bond donors (Lipinski definition) is 0. The first-order valence-corrected chi connectivity index (χ1v) is 7.14. The average molecular weight is 224 g/mol. The van der Waals surface area contributed by atoms with Crippen LogP contribution >= 0.6 is 11.3 Å². The molecule has 2 heteroatoms. The quantitative estimate of drug-likeness (QED) is 0.547. The molecule has 0 saturated carbocycles. The Labute approximate surface area is 97.1 Å². The van der Waals surface area contributed by atoms with E-state index in [-0.39, 0.29) is 0 Å². The van der Waals surface area contributed by atoms with Gasteiger partial charge < -0.3 is 0 Å². The molecule has 0 bridgehead atoms.